The van der Waals surface area contributed by atoms with Gasteiger partial charge in [0.15, 0.2) is 5.76 Å². The maximum absolute atomic E-state index is 11.6. The fraction of sp³-hybridized carbons (Fsp3) is 0.375. The summed E-state index contributed by atoms with van der Waals surface area (Å²) in [7, 11) is 1.60. The Labute approximate surface area is 123 Å². The van der Waals surface area contributed by atoms with Crippen molar-refractivity contribution >= 4 is 5.97 Å². The highest BCUT2D eigenvalue weighted by atomic mass is 16.5. The predicted octanol–water partition coefficient (Wildman–Crippen LogP) is 3.65. The largest absolute Gasteiger partial charge is 0.496 e. The number of carboxylic acid groups (broad SMARTS) is 1. The predicted molar refractivity (Wildman–Crippen MR) is 78.9 cm³/mol. The van der Waals surface area contributed by atoms with Crippen molar-refractivity contribution in [2.24, 2.45) is 0 Å². The van der Waals surface area contributed by atoms with E-state index in [1.165, 1.54) is 0 Å². The molecule has 0 fully saturated rings. The molecule has 1 aromatic heterocycles. The molecule has 0 aliphatic rings. The third-order valence-corrected chi connectivity index (χ3v) is 3.26. The number of hydrogen-bond acceptors (Lipinski definition) is 4. The monoisotopic (exact) mass is 289 g/mol. The fourth-order valence-corrected chi connectivity index (χ4v) is 2.22. The molecule has 5 nitrogen and oxygen atoms in total. The lowest BCUT2D eigenvalue weighted by atomic mass is 9.88. The van der Waals surface area contributed by atoms with Crippen LogP contribution in [0.4, 0.5) is 0 Å². The van der Waals surface area contributed by atoms with Crippen molar-refractivity contribution in [3.8, 4) is 17.0 Å². The van der Waals surface area contributed by atoms with Crippen LogP contribution >= 0.6 is 0 Å². The summed E-state index contributed by atoms with van der Waals surface area (Å²) >= 11 is 0. The number of aromatic carboxylic acids is 1. The van der Waals surface area contributed by atoms with Crippen LogP contribution in [0.1, 0.15) is 42.5 Å². The number of carboxylic acids is 1. The topological polar surface area (TPSA) is 72.6 Å². The van der Waals surface area contributed by atoms with Crippen LogP contribution in [0, 0.1) is 6.92 Å². The van der Waals surface area contributed by atoms with Crippen LogP contribution in [0.15, 0.2) is 22.7 Å². The fourth-order valence-electron chi connectivity index (χ4n) is 2.22. The molecular formula is C16H19NO4. The Kier molecular flexibility index (Phi) is 3.77. The van der Waals surface area contributed by atoms with Crippen LogP contribution in [0.2, 0.25) is 0 Å². The number of rotatable bonds is 3. The molecule has 1 N–H and O–H groups in total. The van der Waals surface area contributed by atoms with E-state index in [2.05, 4.69) is 5.16 Å². The number of benzene rings is 1. The van der Waals surface area contributed by atoms with Gasteiger partial charge in [0.25, 0.3) is 0 Å². The normalized spacial score (nSPS) is 11.5. The summed E-state index contributed by atoms with van der Waals surface area (Å²) in [5.74, 6) is 0.0817. The van der Waals surface area contributed by atoms with Crippen molar-refractivity contribution in [3.63, 3.8) is 0 Å². The lowest BCUT2D eigenvalue weighted by Crippen LogP contribution is -2.15. The third-order valence-electron chi connectivity index (χ3n) is 3.26. The van der Waals surface area contributed by atoms with Crippen molar-refractivity contribution in [2.45, 2.75) is 33.1 Å². The van der Waals surface area contributed by atoms with Crippen LogP contribution in [0.3, 0.4) is 0 Å². The first-order chi connectivity index (χ1) is 9.75. The second-order valence-electron chi connectivity index (χ2n) is 5.97. The molecular weight excluding hydrogens is 270 g/mol. The maximum Gasteiger partial charge on any atom is 0.341 e. The highest BCUT2D eigenvalue weighted by Gasteiger charge is 2.31. The van der Waals surface area contributed by atoms with E-state index in [9.17, 15) is 9.90 Å². The molecule has 0 aliphatic carbocycles. The Morgan fingerprint density at radius 2 is 2.00 bits per heavy atom. The standard InChI is InChI=1S/C16H19NO4/c1-9-8-10(6-7-11(9)20-5)13-12(15(18)19)14(21-17-13)16(2,3)4/h6-8H,1-5H3,(H,18,19). The molecule has 0 amide bonds. The van der Waals surface area contributed by atoms with Crippen molar-refractivity contribution in [1.82, 2.24) is 5.16 Å². The summed E-state index contributed by atoms with van der Waals surface area (Å²) in [6.45, 7) is 7.57. The van der Waals surface area contributed by atoms with E-state index < -0.39 is 11.4 Å². The number of aryl methyl sites for hydroxylation is 1. The first kappa shape index (κ1) is 15.1. The van der Waals surface area contributed by atoms with E-state index in [-0.39, 0.29) is 5.56 Å². The Morgan fingerprint density at radius 1 is 1.33 bits per heavy atom. The molecule has 0 atom stereocenters. The van der Waals surface area contributed by atoms with Crippen molar-refractivity contribution < 1.29 is 19.2 Å². The molecule has 0 saturated carbocycles. The molecule has 1 aromatic carbocycles. The minimum absolute atomic E-state index is 0.118. The summed E-state index contributed by atoms with van der Waals surface area (Å²) in [4.78, 5) is 11.6. The smallest absolute Gasteiger partial charge is 0.341 e. The molecule has 112 valence electrons. The van der Waals surface area contributed by atoms with Gasteiger partial charge in [-0.05, 0) is 30.7 Å². The molecule has 0 aliphatic heterocycles. The summed E-state index contributed by atoms with van der Waals surface area (Å²) in [5.41, 5.74) is 1.64. The minimum atomic E-state index is -1.04. The zero-order chi connectivity index (χ0) is 15.8. The van der Waals surface area contributed by atoms with Gasteiger partial charge < -0.3 is 14.4 Å². The molecule has 0 unspecified atom stereocenters. The van der Waals surface area contributed by atoms with Gasteiger partial charge in [0, 0.05) is 11.0 Å². The van der Waals surface area contributed by atoms with Gasteiger partial charge in [-0.3, -0.25) is 0 Å². The Bertz CT molecular complexity index is 680. The third kappa shape index (κ3) is 2.77. The SMILES string of the molecule is COc1ccc(-c2noc(C(C)(C)C)c2C(=O)O)cc1C. The van der Waals surface area contributed by atoms with Crippen LogP contribution in [0.5, 0.6) is 5.75 Å². The Balaban J connectivity index is 2.62. The number of aromatic nitrogens is 1. The zero-order valence-electron chi connectivity index (χ0n) is 12.9. The zero-order valence-corrected chi connectivity index (χ0v) is 12.9. The van der Waals surface area contributed by atoms with Gasteiger partial charge in [-0.2, -0.15) is 0 Å². The lowest BCUT2D eigenvalue weighted by Gasteiger charge is -2.14. The highest BCUT2D eigenvalue weighted by Crippen LogP contribution is 2.34. The Hall–Kier alpha value is -2.30. The number of carbonyl (C=O) groups is 1. The number of nitrogens with zero attached hydrogens (tertiary/aromatic N) is 1. The van der Waals surface area contributed by atoms with Gasteiger partial charge in [0.2, 0.25) is 0 Å². The van der Waals surface area contributed by atoms with E-state index in [1.807, 2.05) is 33.8 Å². The van der Waals surface area contributed by atoms with Gasteiger partial charge >= 0.3 is 5.97 Å². The first-order valence-electron chi connectivity index (χ1n) is 6.64. The molecule has 5 heteroatoms. The van der Waals surface area contributed by atoms with E-state index >= 15 is 0 Å². The maximum atomic E-state index is 11.6. The van der Waals surface area contributed by atoms with Crippen LogP contribution < -0.4 is 4.74 Å². The molecule has 0 saturated heterocycles. The first-order valence-corrected chi connectivity index (χ1v) is 6.64. The molecule has 1 heterocycles. The van der Waals surface area contributed by atoms with Gasteiger partial charge in [-0.1, -0.05) is 25.9 Å². The molecule has 21 heavy (non-hydrogen) atoms. The van der Waals surface area contributed by atoms with E-state index in [0.29, 0.717) is 17.0 Å². The molecule has 2 aromatic rings. The molecule has 0 radical (unpaired) electrons. The molecule has 2 rings (SSSR count). The summed E-state index contributed by atoms with van der Waals surface area (Å²) in [5, 5.41) is 13.5. The van der Waals surface area contributed by atoms with Gasteiger partial charge in [-0.15, -0.1) is 0 Å². The molecule has 0 bridgehead atoms. The average Bonchev–Trinajstić information content (AvgIpc) is 2.83. The molecule has 0 spiro atoms. The van der Waals surface area contributed by atoms with Crippen molar-refractivity contribution in [1.29, 1.82) is 0 Å². The van der Waals surface area contributed by atoms with E-state index in [1.54, 1.807) is 19.2 Å². The van der Waals surface area contributed by atoms with Crippen LogP contribution in [-0.2, 0) is 5.41 Å². The minimum Gasteiger partial charge on any atom is -0.496 e. The van der Waals surface area contributed by atoms with Gasteiger partial charge in [0.1, 0.15) is 17.0 Å². The summed E-state index contributed by atoms with van der Waals surface area (Å²) < 4.78 is 10.5. The van der Waals surface area contributed by atoms with Crippen LogP contribution in [0.25, 0.3) is 11.3 Å². The van der Waals surface area contributed by atoms with Gasteiger partial charge in [-0.25, -0.2) is 4.79 Å². The Morgan fingerprint density at radius 3 is 2.48 bits per heavy atom. The lowest BCUT2D eigenvalue weighted by molar-refractivity contribution is 0.0693. The second kappa shape index (κ2) is 5.24. The number of methoxy groups -OCH3 is 1. The second-order valence-corrected chi connectivity index (χ2v) is 5.97. The van der Waals surface area contributed by atoms with Crippen molar-refractivity contribution in [2.75, 3.05) is 7.11 Å². The summed E-state index contributed by atoms with van der Waals surface area (Å²) in [6, 6.07) is 5.42. The number of ether oxygens (including phenoxy) is 1. The van der Waals surface area contributed by atoms with Crippen LogP contribution in [-0.4, -0.2) is 23.3 Å². The van der Waals surface area contributed by atoms with E-state index in [4.69, 9.17) is 9.26 Å². The average molecular weight is 289 g/mol. The van der Waals surface area contributed by atoms with Crippen molar-refractivity contribution in [3.05, 3.63) is 35.1 Å². The van der Waals surface area contributed by atoms with Gasteiger partial charge in [0.05, 0.1) is 7.11 Å². The quantitative estimate of drug-likeness (QED) is 0.933. The summed E-state index contributed by atoms with van der Waals surface area (Å²) in [6.07, 6.45) is 0. The highest BCUT2D eigenvalue weighted by molar-refractivity contribution is 5.96. The number of hydrogen-bond donors (Lipinski definition) is 1. The van der Waals surface area contributed by atoms with E-state index in [0.717, 1.165) is 11.3 Å².